The van der Waals surface area contributed by atoms with Gasteiger partial charge in [-0.1, -0.05) is 15.9 Å². The predicted molar refractivity (Wildman–Crippen MR) is 93.4 cm³/mol. The Hall–Kier alpha value is -3.03. The first-order valence-corrected chi connectivity index (χ1v) is 8.75. The Morgan fingerprint density at radius 1 is 1.27 bits per heavy atom. The minimum Gasteiger partial charge on any atom is -0.472 e. The van der Waals surface area contributed by atoms with Gasteiger partial charge in [-0.15, -0.1) is 10.1 Å². The van der Waals surface area contributed by atoms with Gasteiger partial charge in [0.15, 0.2) is 0 Å². The van der Waals surface area contributed by atoms with E-state index in [1.807, 2.05) is 0 Å². The maximum atomic E-state index is 13.7. The van der Waals surface area contributed by atoms with Gasteiger partial charge in [-0.25, -0.2) is 14.6 Å². The van der Waals surface area contributed by atoms with E-state index in [-0.39, 0.29) is 11.3 Å². The van der Waals surface area contributed by atoms with E-state index in [0.717, 1.165) is 6.08 Å². The van der Waals surface area contributed by atoms with Crippen molar-refractivity contribution in [3.05, 3.63) is 43.4 Å². The smallest absolute Gasteiger partial charge is 0.472 e. The van der Waals surface area contributed by atoms with Crippen LogP contribution in [0.3, 0.4) is 0 Å². The summed E-state index contributed by atoms with van der Waals surface area (Å²) in [4.78, 5) is 45.5. The van der Waals surface area contributed by atoms with Crippen LogP contribution in [0.25, 0.3) is 6.08 Å². The molecule has 0 bridgehead atoms. The highest BCUT2D eigenvalue weighted by Gasteiger charge is 2.60. The first-order chi connectivity index (χ1) is 13.8. The van der Waals surface area contributed by atoms with Crippen LogP contribution in [0, 0.1) is 17.0 Å². The van der Waals surface area contributed by atoms with E-state index < -0.39 is 47.8 Å². The van der Waals surface area contributed by atoms with Gasteiger partial charge in [-0.2, -0.15) is 18.0 Å². The van der Waals surface area contributed by atoms with Crippen LogP contribution in [0.15, 0.2) is 22.2 Å². The third-order valence-corrected chi connectivity index (χ3v) is 4.29. The molecule has 14 heteroatoms. The summed E-state index contributed by atoms with van der Waals surface area (Å²) in [5.41, 5.74) is -3.53. The minimum atomic E-state index is -5.03. The summed E-state index contributed by atoms with van der Waals surface area (Å²) < 4.78 is 51.1. The van der Waals surface area contributed by atoms with Crippen LogP contribution < -0.4 is 4.74 Å². The number of carbonyl (C=O) groups is 2. The van der Waals surface area contributed by atoms with Crippen molar-refractivity contribution in [2.75, 3.05) is 13.2 Å². The standard InChI is InChI=1S/C16H13BrF3NO9/c1-8-5-10(17)6-9-7-11(15(2,16(18,19)20)28-12(8)9)13(22)29-30-14(23)26-3-4-27-21(24)25/h5-7H,3-4H2,1-2H3. The normalized spacial score (nSPS) is 17.7. The molecule has 0 saturated heterocycles. The van der Waals surface area contributed by atoms with Gasteiger partial charge in [0.1, 0.15) is 19.0 Å². The molecule has 0 aromatic heterocycles. The molecule has 1 heterocycles. The Morgan fingerprint density at radius 3 is 2.53 bits per heavy atom. The first kappa shape index (κ1) is 23.3. The molecule has 0 radical (unpaired) electrons. The number of nitrogens with zero attached hydrogens (tertiary/aromatic N) is 1. The molecule has 1 aliphatic heterocycles. The summed E-state index contributed by atoms with van der Waals surface area (Å²) >= 11 is 3.19. The van der Waals surface area contributed by atoms with Crippen LogP contribution in [-0.2, 0) is 24.1 Å². The van der Waals surface area contributed by atoms with Crippen molar-refractivity contribution >= 4 is 34.1 Å². The van der Waals surface area contributed by atoms with E-state index in [2.05, 4.69) is 35.3 Å². The van der Waals surface area contributed by atoms with Crippen LogP contribution in [-0.4, -0.2) is 42.2 Å². The quantitative estimate of drug-likeness (QED) is 0.196. The molecular formula is C16H13BrF3NO9. The average molecular weight is 500 g/mol. The highest BCUT2D eigenvalue weighted by molar-refractivity contribution is 9.10. The Labute approximate surface area is 174 Å². The van der Waals surface area contributed by atoms with Crippen LogP contribution in [0.2, 0.25) is 0 Å². The van der Waals surface area contributed by atoms with Crippen molar-refractivity contribution in [1.82, 2.24) is 0 Å². The highest BCUT2D eigenvalue weighted by atomic mass is 79.9. The third kappa shape index (κ3) is 5.11. The lowest BCUT2D eigenvalue weighted by atomic mass is 9.89. The molecular weight excluding hydrogens is 487 g/mol. The van der Waals surface area contributed by atoms with Gasteiger partial charge >= 0.3 is 18.3 Å². The molecule has 0 aliphatic carbocycles. The molecule has 0 spiro atoms. The maximum Gasteiger partial charge on any atom is 0.549 e. The molecule has 1 aliphatic rings. The lowest BCUT2D eigenvalue weighted by molar-refractivity contribution is -0.757. The molecule has 2 rings (SSSR count). The Morgan fingerprint density at radius 2 is 1.93 bits per heavy atom. The molecule has 0 saturated carbocycles. The summed E-state index contributed by atoms with van der Waals surface area (Å²) in [7, 11) is 0. The van der Waals surface area contributed by atoms with Gasteiger partial charge in [-0.05, 0) is 37.6 Å². The molecule has 164 valence electrons. The lowest BCUT2D eigenvalue weighted by Crippen LogP contribution is -2.52. The minimum absolute atomic E-state index is 0.0827. The van der Waals surface area contributed by atoms with E-state index in [1.54, 1.807) is 0 Å². The van der Waals surface area contributed by atoms with E-state index in [0.29, 0.717) is 17.0 Å². The number of halogens is 4. The Bertz CT molecular complexity index is 903. The highest BCUT2D eigenvalue weighted by Crippen LogP contribution is 2.47. The zero-order chi connectivity index (χ0) is 22.7. The Kier molecular flexibility index (Phi) is 6.80. The van der Waals surface area contributed by atoms with Crippen molar-refractivity contribution in [2.24, 2.45) is 0 Å². The van der Waals surface area contributed by atoms with Crippen molar-refractivity contribution < 1.29 is 51.9 Å². The largest absolute Gasteiger partial charge is 0.549 e. The summed E-state index contributed by atoms with van der Waals surface area (Å²) in [6, 6.07) is 2.96. The number of alkyl halides is 3. The zero-order valence-electron chi connectivity index (χ0n) is 15.3. The number of fused-ring (bicyclic) bond motifs is 1. The van der Waals surface area contributed by atoms with Crippen molar-refractivity contribution in [3.63, 3.8) is 0 Å². The Balaban J connectivity index is 2.19. The fraction of sp³-hybridized carbons (Fsp3) is 0.375. The summed E-state index contributed by atoms with van der Waals surface area (Å²) in [6.45, 7) is 0.882. The average Bonchev–Trinajstić information content (AvgIpc) is 2.62. The fourth-order valence-electron chi connectivity index (χ4n) is 2.40. The van der Waals surface area contributed by atoms with E-state index in [4.69, 9.17) is 4.74 Å². The fourth-order valence-corrected chi connectivity index (χ4v) is 2.99. The lowest BCUT2D eigenvalue weighted by Gasteiger charge is -2.37. The number of benzene rings is 1. The number of hydrogen-bond acceptors (Lipinski definition) is 9. The number of hydrogen-bond donors (Lipinski definition) is 0. The molecule has 0 fully saturated rings. The number of carbonyl (C=O) groups excluding carboxylic acids is 2. The molecule has 1 atom stereocenters. The van der Waals surface area contributed by atoms with E-state index >= 15 is 0 Å². The van der Waals surface area contributed by atoms with Crippen LogP contribution in [0.1, 0.15) is 18.1 Å². The second-order valence-corrected chi connectivity index (χ2v) is 6.86. The number of rotatable bonds is 5. The molecule has 1 unspecified atom stereocenters. The molecule has 1 aromatic carbocycles. The van der Waals surface area contributed by atoms with Gasteiger partial charge in [-0.3, -0.25) is 0 Å². The predicted octanol–water partition coefficient (Wildman–Crippen LogP) is 3.67. The first-order valence-electron chi connectivity index (χ1n) is 7.96. The molecule has 10 nitrogen and oxygen atoms in total. The third-order valence-electron chi connectivity index (χ3n) is 3.83. The van der Waals surface area contributed by atoms with E-state index in [9.17, 15) is 32.9 Å². The maximum absolute atomic E-state index is 13.7. The zero-order valence-corrected chi connectivity index (χ0v) is 16.9. The van der Waals surface area contributed by atoms with Gasteiger partial charge < -0.3 is 14.3 Å². The summed E-state index contributed by atoms with van der Waals surface area (Å²) in [6.07, 6.45) is -5.75. The monoisotopic (exact) mass is 499 g/mol. The van der Waals surface area contributed by atoms with Crippen molar-refractivity contribution in [2.45, 2.75) is 25.6 Å². The molecule has 1 aromatic rings. The number of ether oxygens (including phenoxy) is 2. The summed E-state index contributed by atoms with van der Waals surface area (Å²) in [5, 5.41) is 8.80. The van der Waals surface area contributed by atoms with Crippen molar-refractivity contribution in [1.29, 1.82) is 0 Å². The topological polar surface area (TPSA) is 123 Å². The molecule has 0 N–H and O–H groups in total. The van der Waals surface area contributed by atoms with Gasteiger partial charge in [0.25, 0.3) is 5.09 Å². The van der Waals surface area contributed by atoms with Gasteiger partial charge in [0, 0.05) is 10.0 Å². The second-order valence-electron chi connectivity index (χ2n) is 5.94. The summed E-state index contributed by atoms with van der Waals surface area (Å²) in [5.74, 6) is -1.74. The molecule has 0 amide bonds. The van der Waals surface area contributed by atoms with E-state index in [1.165, 1.54) is 19.1 Å². The SMILES string of the molecule is Cc1cc(Br)cc2c1OC(C)(C(F)(F)F)C(C(=O)OOC(=O)OCCO[N+](=O)[O-])=C2. The van der Waals surface area contributed by atoms with Gasteiger partial charge in [0.05, 0.1) is 5.57 Å². The second kappa shape index (κ2) is 8.77. The van der Waals surface area contributed by atoms with Crippen LogP contribution >= 0.6 is 15.9 Å². The number of aryl methyl sites for hydroxylation is 1. The van der Waals surface area contributed by atoms with Crippen molar-refractivity contribution in [3.8, 4) is 5.75 Å². The van der Waals surface area contributed by atoms with Crippen LogP contribution in [0.4, 0.5) is 18.0 Å². The molecule has 30 heavy (non-hydrogen) atoms. The van der Waals surface area contributed by atoms with Gasteiger partial charge in [0.2, 0.25) is 5.60 Å². The van der Waals surface area contributed by atoms with Crippen LogP contribution in [0.5, 0.6) is 5.75 Å².